The molecule has 2 rings (SSSR count). The van der Waals surface area contributed by atoms with Crippen molar-refractivity contribution < 1.29 is 18.0 Å². The van der Waals surface area contributed by atoms with Crippen molar-refractivity contribution in [1.29, 1.82) is 0 Å². The summed E-state index contributed by atoms with van der Waals surface area (Å²) >= 11 is 18.0. The van der Waals surface area contributed by atoms with Crippen molar-refractivity contribution in [2.24, 2.45) is 0 Å². The van der Waals surface area contributed by atoms with Gasteiger partial charge in [-0.1, -0.05) is 53.9 Å². The number of nitrogens with zero attached hydrogens (tertiary/aromatic N) is 2. The molecule has 0 aliphatic heterocycles. The number of nitrogens with one attached hydrogen (secondary N) is 1. The number of anilines is 1. The van der Waals surface area contributed by atoms with E-state index < -0.39 is 28.5 Å². The molecular weight excluding hydrogens is 509 g/mol. The normalized spacial score (nSPS) is 12.2. The summed E-state index contributed by atoms with van der Waals surface area (Å²) in [7, 11) is -3.87. The minimum atomic E-state index is -3.87. The smallest absolute Gasteiger partial charge is 0.244 e. The van der Waals surface area contributed by atoms with Crippen molar-refractivity contribution in [3.63, 3.8) is 0 Å². The van der Waals surface area contributed by atoms with Crippen LogP contribution in [0.2, 0.25) is 15.1 Å². The van der Waals surface area contributed by atoms with Gasteiger partial charge in [0.1, 0.15) is 12.6 Å². The number of carbonyl (C=O) groups is 2. The van der Waals surface area contributed by atoms with Gasteiger partial charge in [0.2, 0.25) is 21.8 Å². The minimum Gasteiger partial charge on any atom is -0.354 e. The first-order valence-corrected chi connectivity index (χ1v) is 13.2. The summed E-state index contributed by atoms with van der Waals surface area (Å²) in [6, 6.07) is 10.3. The Morgan fingerprint density at radius 3 is 2.09 bits per heavy atom. The average Bonchev–Trinajstić information content (AvgIpc) is 2.73. The minimum absolute atomic E-state index is 0.0879. The third-order valence-corrected chi connectivity index (χ3v) is 6.63. The highest BCUT2D eigenvalue weighted by atomic mass is 35.5. The van der Waals surface area contributed by atoms with Gasteiger partial charge in [0.25, 0.3) is 0 Å². The SMILES string of the molecule is CCCNC(=O)[C@H](C)N(Cc1ccc(Cl)cc1)C(=O)CN(c1cc(Cl)cc(Cl)c1)S(C)(=O)=O. The van der Waals surface area contributed by atoms with E-state index in [1.165, 1.54) is 23.1 Å². The second kappa shape index (κ2) is 11.9. The summed E-state index contributed by atoms with van der Waals surface area (Å²) in [4.78, 5) is 27.4. The molecule has 7 nitrogen and oxygen atoms in total. The highest BCUT2D eigenvalue weighted by molar-refractivity contribution is 7.92. The quantitative estimate of drug-likeness (QED) is 0.491. The number of carbonyl (C=O) groups excluding carboxylic acids is 2. The van der Waals surface area contributed by atoms with Gasteiger partial charge in [0.15, 0.2) is 0 Å². The Hall–Kier alpha value is -2.00. The summed E-state index contributed by atoms with van der Waals surface area (Å²) < 4.78 is 26.0. The Morgan fingerprint density at radius 1 is 1.00 bits per heavy atom. The van der Waals surface area contributed by atoms with Crippen molar-refractivity contribution in [3.05, 3.63) is 63.1 Å². The first kappa shape index (κ1) is 27.2. The molecule has 2 amide bonds. The summed E-state index contributed by atoms with van der Waals surface area (Å²) in [5.74, 6) is -0.901. The molecule has 0 spiro atoms. The van der Waals surface area contributed by atoms with Gasteiger partial charge in [-0.2, -0.15) is 0 Å². The van der Waals surface area contributed by atoms with Crippen LogP contribution in [0.1, 0.15) is 25.8 Å². The Labute approximate surface area is 209 Å². The third-order valence-electron chi connectivity index (χ3n) is 4.80. The van der Waals surface area contributed by atoms with Gasteiger partial charge in [0, 0.05) is 28.2 Å². The van der Waals surface area contributed by atoms with E-state index in [1.807, 2.05) is 6.92 Å². The molecule has 1 N–H and O–H groups in total. The van der Waals surface area contributed by atoms with E-state index in [2.05, 4.69) is 5.32 Å². The Morgan fingerprint density at radius 2 is 1.58 bits per heavy atom. The fourth-order valence-electron chi connectivity index (χ4n) is 3.06. The molecule has 2 aromatic rings. The van der Waals surface area contributed by atoms with Crippen LogP contribution in [0, 0.1) is 0 Å². The van der Waals surface area contributed by atoms with Gasteiger partial charge in [0.05, 0.1) is 11.9 Å². The van der Waals surface area contributed by atoms with E-state index in [-0.39, 0.29) is 28.2 Å². The van der Waals surface area contributed by atoms with E-state index >= 15 is 0 Å². The maximum Gasteiger partial charge on any atom is 0.244 e. The number of amides is 2. The van der Waals surface area contributed by atoms with Gasteiger partial charge >= 0.3 is 0 Å². The molecule has 0 aliphatic rings. The Balaban J connectivity index is 2.39. The molecule has 33 heavy (non-hydrogen) atoms. The second-order valence-corrected chi connectivity index (χ2v) is 10.7. The van der Waals surface area contributed by atoms with Gasteiger partial charge in [-0.3, -0.25) is 13.9 Å². The van der Waals surface area contributed by atoms with E-state index in [1.54, 1.807) is 31.2 Å². The number of rotatable bonds is 10. The zero-order chi connectivity index (χ0) is 24.8. The highest BCUT2D eigenvalue weighted by Crippen LogP contribution is 2.27. The molecule has 0 saturated heterocycles. The van der Waals surface area contributed by atoms with Crippen LogP contribution in [0.5, 0.6) is 0 Å². The lowest BCUT2D eigenvalue weighted by molar-refractivity contribution is -0.139. The average molecular weight is 535 g/mol. The first-order chi connectivity index (χ1) is 15.4. The molecular formula is C22H26Cl3N3O4S. The molecule has 0 aromatic heterocycles. The molecule has 0 saturated carbocycles. The maximum absolute atomic E-state index is 13.4. The lowest BCUT2D eigenvalue weighted by Crippen LogP contribution is -2.51. The summed E-state index contributed by atoms with van der Waals surface area (Å²) in [6.07, 6.45) is 1.72. The Bertz CT molecular complexity index is 1070. The van der Waals surface area contributed by atoms with Crippen LogP contribution < -0.4 is 9.62 Å². The van der Waals surface area contributed by atoms with E-state index in [9.17, 15) is 18.0 Å². The predicted octanol–water partition coefficient (Wildman–Crippen LogP) is 4.36. The van der Waals surface area contributed by atoms with E-state index in [0.29, 0.717) is 11.6 Å². The summed E-state index contributed by atoms with van der Waals surface area (Å²) in [5.41, 5.74) is 0.887. The topological polar surface area (TPSA) is 86.8 Å². The molecule has 0 unspecified atom stereocenters. The van der Waals surface area contributed by atoms with Crippen molar-refractivity contribution >= 4 is 62.3 Å². The van der Waals surface area contributed by atoms with Gasteiger partial charge in [-0.25, -0.2) is 8.42 Å². The molecule has 0 aliphatic carbocycles. The number of sulfonamides is 1. The van der Waals surface area contributed by atoms with Crippen molar-refractivity contribution in [2.45, 2.75) is 32.9 Å². The standard InChI is InChI=1S/C22H26Cl3N3O4S/c1-4-9-26-22(30)15(2)27(13-16-5-7-17(23)8-6-16)21(29)14-28(33(3,31)32)20-11-18(24)10-19(25)12-20/h5-8,10-12,15H,4,9,13-14H2,1-3H3,(H,26,30)/t15-/m0/s1. The number of hydrogen-bond donors (Lipinski definition) is 1. The zero-order valence-electron chi connectivity index (χ0n) is 18.5. The van der Waals surface area contributed by atoms with Crippen molar-refractivity contribution in [1.82, 2.24) is 10.2 Å². The predicted molar refractivity (Wildman–Crippen MR) is 133 cm³/mol. The van der Waals surface area contributed by atoms with Gasteiger partial charge < -0.3 is 10.2 Å². The van der Waals surface area contributed by atoms with E-state index in [4.69, 9.17) is 34.8 Å². The molecule has 0 fully saturated rings. The first-order valence-electron chi connectivity index (χ1n) is 10.2. The van der Waals surface area contributed by atoms with Crippen LogP contribution in [0.25, 0.3) is 0 Å². The lowest BCUT2D eigenvalue weighted by atomic mass is 10.1. The van der Waals surface area contributed by atoms with Crippen LogP contribution >= 0.6 is 34.8 Å². The fourth-order valence-corrected chi connectivity index (χ4v) is 4.54. The monoisotopic (exact) mass is 533 g/mol. The highest BCUT2D eigenvalue weighted by Gasteiger charge is 2.30. The number of hydrogen-bond acceptors (Lipinski definition) is 4. The zero-order valence-corrected chi connectivity index (χ0v) is 21.6. The van der Waals surface area contributed by atoms with Crippen LogP contribution in [-0.2, 0) is 26.2 Å². The van der Waals surface area contributed by atoms with Gasteiger partial charge in [-0.05, 0) is 49.2 Å². The van der Waals surface area contributed by atoms with E-state index in [0.717, 1.165) is 22.5 Å². The number of halogens is 3. The third kappa shape index (κ3) is 8.07. The van der Waals surface area contributed by atoms with Crippen LogP contribution in [0.4, 0.5) is 5.69 Å². The molecule has 1 atom stereocenters. The summed E-state index contributed by atoms with van der Waals surface area (Å²) in [5, 5.41) is 3.76. The molecule has 2 aromatic carbocycles. The fraction of sp³-hybridized carbons (Fsp3) is 0.364. The van der Waals surface area contributed by atoms with Crippen LogP contribution in [0.3, 0.4) is 0 Å². The van der Waals surface area contributed by atoms with Gasteiger partial charge in [-0.15, -0.1) is 0 Å². The molecule has 180 valence electrons. The second-order valence-electron chi connectivity index (χ2n) is 7.51. The van der Waals surface area contributed by atoms with Crippen LogP contribution in [-0.4, -0.2) is 50.5 Å². The molecule has 0 heterocycles. The Kier molecular flexibility index (Phi) is 9.84. The largest absolute Gasteiger partial charge is 0.354 e. The lowest BCUT2D eigenvalue weighted by Gasteiger charge is -2.31. The maximum atomic E-state index is 13.4. The molecule has 11 heteroatoms. The number of benzene rings is 2. The molecule has 0 bridgehead atoms. The summed E-state index contributed by atoms with van der Waals surface area (Å²) in [6.45, 7) is 3.53. The van der Waals surface area contributed by atoms with Crippen LogP contribution in [0.15, 0.2) is 42.5 Å². The van der Waals surface area contributed by atoms with Crippen molar-refractivity contribution in [3.8, 4) is 0 Å². The van der Waals surface area contributed by atoms with Crippen molar-refractivity contribution in [2.75, 3.05) is 23.7 Å². The molecule has 0 radical (unpaired) electrons.